The van der Waals surface area contributed by atoms with E-state index in [1.807, 2.05) is 0 Å². The third-order valence-electron chi connectivity index (χ3n) is 3.43. The van der Waals surface area contributed by atoms with E-state index in [2.05, 4.69) is 10.6 Å². The first kappa shape index (κ1) is 17.9. The first-order chi connectivity index (χ1) is 11.3. The molecule has 24 heavy (non-hydrogen) atoms. The molecule has 0 unspecified atom stereocenters. The third kappa shape index (κ3) is 4.31. The molecule has 8 nitrogen and oxygen atoms in total. The normalized spacial score (nSPS) is 16.0. The minimum Gasteiger partial charge on any atom is -0.356 e. The van der Waals surface area contributed by atoms with Crippen molar-refractivity contribution in [3.8, 4) is 0 Å². The largest absolute Gasteiger partial charge is 0.356 e. The van der Waals surface area contributed by atoms with Gasteiger partial charge >= 0.3 is 0 Å². The van der Waals surface area contributed by atoms with Crippen molar-refractivity contribution in [1.82, 2.24) is 10.6 Å². The van der Waals surface area contributed by atoms with Gasteiger partial charge in [0.15, 0.2) is 0 Å². The minimum atomic E-state index is -3.65. The van der Waals surface area contributed by atoms with Crippen LogP contribution in [0.5, 0.6) is 0 Å². The number of nitrogens with zero attached hydrogens (tertiary/aromatic N) is 1. The van der Waals surface area contributed by atoms with Crippen LogP contribution in [0.25, 0.3) is 0 Å². The lowest BCUT2D eigenvalue weighted by Gasteiger charge is -2.15. The van der Waals surface area contributed by atoms with Gasteiger partial charge in [-0.05, 0) is 24.6 Å². The van der Waals surface area contributed by atoms with E-state index in [0.717, 1.165) is 4.31 Å². The second-order valence-corrected chi connectivity index (χ2v) is 7.30. The average molecular weight is 353 g/mol. The van der Waals surface area contributed by atoms with Crippen LogP contribution in [-0.2, 0) is 19.6 Å². The molecule has 1 aliphatic heterocycles. The van der Waals surface area contributed by atoms with E-state index in [0.29, 0.717) is 19.5 Å². The maximum Gasteiger partial charge on any atom is 0.251 e. The van der Waals surface area contributed by atoms with E-state index >= 15 is 0 Å². The van der Waals surface area contributed by atoms with Gasteiger partial charge in [0.25, 0.3) is 5.91 Å². The summed E-state index contributed by atoms with van der Waals surface area (Å²) in [6.07, 6.45) is 0.520. The summed E-state index contributed by atoms with van der Waals surface area (Å²) in [5.74, 6) is -1.22. The summed E-state index contributed by atoms with van der Waals surface area (Å²) >= 11 is 0. The highest BCUT2D eigenvalue weighted by Gasteiger charge is 2.36. The van der Waals surface area contributed by atoms with Crippen LogP contribution in [0.3, 0.4) is 0 Å². The minimum absolute atomic E-state index is 0.0537. The molecule has 2 rings (SSSR count). The first-order valence-electron chi connectivity index (χ1n) is 7.50. The number of rotatable bonds is 6. The Morgan fingerprint density at radius 1 is 1.21 bits per heavy atom. The predicted octanol–water partition coefficient (Wildman–Crippen LogP) is 0.00910. The Kier molecular flexibility index (Phi) is 5.55. The predicted molar refractivity (Wildman–Crippen MR) is 88.0 cm³/mol. The van der Waals surface area contributed by atoms with E-state index < -0.39 is 15.9 Å². The number of carbonyl (C=O) groups is 3. The Balaban J connectivity index is 2.01. The molecule has 1 saturated heterocycles. The van der Waals surface area contributed by atoms with Gasteiger partial charge in [-0.1, -0.05) is 6.07 Å². The zero-order valence-electron chi connectivity index (χ0n) is 13.2. The van der Waals surface area contributed by atoms with Crippen molar-refractivity contribution in [2.45, 2.75) is 19.8 Å². The zero-order valence-corrected chi connectivity index (χ0v) is 14.1. The highest BCUT2D eigenvalue weighted by atomic mass is 32.2. The van der Waals surface area contributed by atoms with Gasteiger partial charge in [-0.3, -0.25) is 14.4 Å². The molecule has 1 heterocycles. The van der Waals surface area contributed by atoms with Gasteiger partial charge in [-0.25, -0.2) is 12.7 Å². The van der Waals surface area contributed by atoms with Crippen LogP contribution in [-0.4, -0.2) is 45.0 Å². The molecule has 1 aromatic rings. The summed E-state index contributed by atoms with van der Waals surface area (Å²) in [6, 6.07) is 5.93. The molecule has 0 atom stereocenters. The Labute approximate surface area is 140 Å². The fourth-order valence-electron chi connectivity index (χ4n) is 2.30. The van der Waals surface area contributed by atoms with Crippen LogP contribution in [0.15, 0.2) is 24.3 Å². The number of sulfonamides is 1. The first-order valence-corrected chi connectivity index (χ1v) is 9.11. The van der Waals surface area contributed by atoms with E-state index in [4.69, 9.17) is 0 Å². The van der Waals surface area contributed by atoms with Crippen LogP contribution in [0.1, 0.15) is 30.1 Å². The molecule has 2 N–H and O–H groups in total. The lowest BCUT2D eigenvalue weighted by molar-refractivity contribution is -0.119. The van der Waals surface area contributed by atoms with Crippen molar-refractivity contribution >= 4 is 33.4 Å². The molecule has 0 radical (unpaired) electrons. The maximum atomic E-state index is 12.1. The van der Waals surface area contributed by atoms with Gasteiger partial charge in [0.1, 0.15) is 0 Å². The number of carbonyl (C=O) groups excluding carboxylic acids is 3. The van der Waals surface area contributed by atoms with Crippen LogP contribution in [0.4, 0.5) is 5.69 Å². The average Bonchev–Trinajstić information content (AvgIpc) is 2.79. The van der Waals surface area contributed by atoms with Crippen LogP contribution >= 0.6 is 0 Å². The molecular formula is C15H19N3O5S. The Hall–Kier alpha value is -2.42. The third-order valence-corrected chi connectivity index (χ3v) is 5.13. The number of nitrogens with one attached hydrogen (secondary N) is 2. The summed E-state index contributed by atoms with van der Waals surface area (Å²) in [7, 11) is -3.65. The van der Waals surface area contributed by atoms with Crippen LogP contribution < -0.4 is 14.9 Å². The number of benzene rings is 1. The molecule has 1 aliphatic rings. The Bertz CT molecular complexity index is 760. The Morgan fingerprint density at radius 3 is 2.54 bits per heavy atom. The van der Waals surface area contributed by atoms with E-state index in [1.54, 1.807) is 6.07 Å². The molecule has 1 aromatic carbocycles. The fraction of sp³-hybridized carbons (Fsp3) is 0.400. The summed E-state index contributed by atoms with van der Waals surface area (Å²) in [5.41, 5.74) is 0.435. The number of hydrogen-bond donors (Lipinski definition) is 2. The molecular weight excluding hydrogens is 334 g/mol. The van der Waals surface area contributed by atoms with Crippen molar-refractivity contribution in [1.29, 1.82) is 0 Å². The maximum absolute atomic E-state index is 12.1. The molecule has 0 bridgehead atoms. The van der Waals surface area contributed by atoms with Gasteiger partial charge < -0.3 is 10.6 Å². The van der Waals surface area contributed by atoms with E-state index in [1.165, 1.54) is 25.1 Å². The summed E-state index contributed by atoms with van der Waals surface area (Å²) < 4.78 is 24.6. The summed E-state index contributed by atoms with van der Waals surface area (Å²) in [4.78, 5) is 34.6. The highest BCUT2D eigenvalue weighted by molar-refractivity contribution is 7.94. The smallest absolute Gasteiger partial charge is 0.251 e. The topological polar surface area (TPSA) is 113 Å². The fourth-order valence-corrected chi connectivity index (χ4v) is 3.75. The standard InChI is InChI=1S/C15H19N3O5S/c1-11(19)16-7-3-8-17-15(21)12-4-2-5-13(10-12)18-14(20)6-9-24(18,22)23/h2,4-5,10H,3,6-9H2,1H3,(H,16,19)(H,17,21). The van der Waals surface area contributed by atoms with Crippen molar-refractivity contribution in [2.24, 2.45) is 0 Å². The molecule has 1 fully saturated rings. The van der Waals surface area contributed by atoms with Crippen molar-refractivity contribution in [3.63, 3.8) is 0 Å². The second kappa shape index (κ2) is 7.43. The van der Waals surface area contributed by atoms with Gasteiger partial charge in [0.05, 0.1) is 11.4 Å². The van der Waals surface area contributed by atoms with Gasteiger partial charge in [-0.15, -0.1) is 0 Å². The molecule has 0 aromatic heterocycles. The van der Waals surface area contributed by atoms with Gasteiger partial charge in [-0.2, -0.15) is 0 Å². The lowest BCUT2D eigenvalue weighted by Crippen LogP contribution is -2.30. The van der Waals surface area contributed by atoms with E-state index in [9.17, 15) is 22.8 Å². The highest BCUT2D eigenvalue weighted by Crippen LogP contribution is 2.25. The van der Waals surface area contributed by atoms with Crippen molar-refractivity contribution in [3.05, 3.63) is 29.8 Å². The van der Waals surface area contributed by atoms with Gasteiger partial charge in [0, 0.05) is 32.0 Å². The van der Waals surface area contributed by atoms with Crippen molar-refractivity contribution in [2.75, 3.05) is 23.1 Å². The lowest BCUT2D eigenvalue weighted by atomic mass is 10.2. The molecule has 0 spiro atoms. The number of hydrogen-bond acceptors (Lipinski definition) is 5. The molecule has 0 aliphatic carbocycles. The Morgan fingerprint density at radius 2 is 1.92 bits per heavy atom. The summed E-state index contributed by atoms with van der Waals surface area (Å²) in [5, 5.41) is 5.30. The second-order valence-electron chi connectivity index (χ2n) is 5.37. The van der Waals surface area contributed by atoms with E-state index in [-0.39, 0.29) is 35.2 Å². The molecule has 3 amide bonds. The quantitative estimate of drug-likeness (QED) is 0.700. The van der Waals surface area contributed by atoms with Crippen molar-refractivity contribution < 1.29 is 22.8 Å². The van der Waals surface area contributed by atoms with Gasteiger partial charge in [0.2, 0.25) is 21.8 Å². The number of anilines is 1. The number of amides is 3. The molecule has 9 heteroatoms. The summed E-state index contributed by atoms with van der Waals surface area (Å²) in [6.45, 7) is 2.23. The van der Waals surface area contributed by atoms with Crippen LogP contribution in [0.2, 0.25) is 0 Å². The SMILES string of the molecule is CC(=O)NCCCNC(=O)c1cccc(N2C(=O)CCS2(=O)=O)c1. The molecule has 0 saturated carbocycles. The zero-order chi connectivity index (χ0) is 17.7. The monoisotopic (exact) mass is 353 g/mol. The van der Waals surface area contributed by atoms with Crippen LogP contribution in [0, 0.1) is 0 Å². The molecule has 130 valence electrons.